The second kappa shape index (κ2) is 7.93. The highest BCUT2D eigenvalue weighted by Gasteiger charge is 2.65. The van der Waals surface area contributed by atoms with Crippen molar-refractivity contribution in [3.05, 3.63) is 89.3 Å². The van der Waals surface area contributed by atoms with Gasteiger partial charge in [0.2, 0.25) is 0 Å². The van der Waals surface area contributed by atoms with Gasteiger partial charge in [-0.25, -0.2) is 18.7 Å². The Morgan fingerprint density at radius 2 is 1.61 bits per heavy atom. The van der Waals surface area contributed by atoms with E-state index in [1.165, 1.54) is 18.2 Å². The van der Waals surface area contributed by atoms with Gasteiger partial charge in [-0.1, -0.05) is 26.0 Å². The molecule has 1 N–H and O–H groups in total. The van der Waals surface area contributed by atoms with E-state index in [0.717, 1.165) is 47.5 Å². The summed E-state index contributed by atoms with van der Waals surface area (Å²) in [5.74, 6) is -0.672. The van der Waals surface area contributed by atoms with E-state index in [4.69, 9.17) is 4.98 Å². The van der Waals surface area contributed by atoms with Crippen LogP contribution in [-0.2, 0) is 11.0 Å². The summed E-state index contributed by atoms with van der Waals surface area (Å²) < 4.78 is 29.1. The third-order valence-electron chi connectivity index (χ3n) is 9.33. The van der Waals surface area contributed by atoms with Gasteiger partial charge in [0.25, 0.3) is 0 Å². The molecule has 192 valence electrons. The van der Waals surface area contributed by atoms with Crippen LogP contribution in [-0.4, -0.2) is 30.3 Å². The first kappa shape index (κ1) is 23.5. The number of benzene rings is 1. The van der Waals surface area contributed by atoms with Gasteiger partial charge in [-0.3, -0.25) is 4.98 Å². The summed E-state index contributed by atoms with van der Waals surface area (Å²) in [5.41, 5.74) is 2.68. The van der Waals surface area contributed by atoms with Crippen molar-refractivity contribution in [2.75, 3.05) is 0 Å². The quantitative estimate of drug-likeness (QED) is 0.370. The standard InChI is InChI=1S/C30H27F2N5O/c1-28(2)19-10-13-30(28,26-18(19)14-23(36-37-26)25-20(31)6-3-7-21(25)32)24-9-4-8-22(35-24)17-15-33-27(34-16-17)29(38)11-5-12-29/h3-4,6-9,14-16,19,38H,5,10-13H2,1-2H3/t19-,30-/m0/s1. The van der Waals surface area contributed by atoms with Crippen molar-refractivity contribution in [3.8, 4) is 22.5 Å². The van der Waals surface area contributed by atoms with E-state index in [2.05, 4.69) is 34.0 Å². The van der Waals surface area contributed by atoms with Gasteiger partial charge in [0.1, 0.15) is 17.2 Å². The average Bonchev–Trinajstić information content (AvgIpc) is 3.28. The van der Waals surface area contributed by atoms with Gasteiger partial charge in [0.05, 0.1) is 33.8 Å². The zero-order valence-corrected chi connectivity index (χ0v) is 21.2. The van der Waals surface area contributed by atoms with Crippen LogP contribution in [0.1, 0.15) is 74.6 Å². The molecule has 6 nitrogen and oxygen atoms in total. The van der Waals surface area contributed by atoms with Crippen molar-refractivity contribution in [3.63, 3.8) is 0 Å². The monoisotopic (exact) mass is 511 g/mol. The van der Waals surface area contributed by atoms with Gasteiger partial charge in [-0.15, -0.1) is 5.10 Å². The number of hydrogen-bond acceptors (Lipinski definition) is 6. The first-order chi connectivity index (χ1) is 18.2. The molecule has 38 heavy (non-hydrogen) atoms. The maximum Gasteiger partial charge on any atom is 0.159 e. The summed E-state index contributed by atoms with van der Waals surface area (Å²) in [5, 5.41) is 19.5. The molecule has 7 rings (SSSR count). The number of nitrogens with zero attached hydrogens (tertiary/aromatic N) is 5. The van der Waals surface area contributed by atoms with E-state index in [1.54, 1.807) is 12.4 Å². The summed E-state index contributed by atoms with van der Waals surface area (Å²) in [4.78, 5) is 14.0. The van der Waals surface area contributed by atoms with Crippen LogP contribution in [0.4, 0.5) is 8.78 Å². The van der Waals surface area contributed by atoms with Gasteiger partial charge in [0, 0.05) is 18.0 Å². The largest absolute Gasteiger partial charge is 0.382 e. The molecule has 0 amide bonds. The SMILES string of the molecule is CC1(C)[C@H]2CC[C@]1(c1cccc(-c3cnc(C4(O)CCC4)nc3)n1)c1nnc(-c3c(F)cccc3F)cc12. The van der Waals surface area contributed by atoms with E-state index in [0.29, 0.717) is 18.7 Å². The molecule has 0 saturated heterocycles. The fraction of sp³-hybridized carbons (Fsp3) is 0.367. The lowest BCUT2D eigenvalue weighted by molar-refractivity contribution is -0.0467. The van der Waals surface area contributed by atoms with Crippen molar-refractivity contribution >= 4 is 0 Å². The Morgan fingerprint density at radius 1 is 0.895 bits per heavy atom. The summed E-state index contributed by atoms with van der Waals surface area (Å²) >= 11 is 0. The molecule has 1 aromatic carbocycles. The third-order valence-corrected chi connectivity index (χ3v) is 9.33. The van der Waals surface area contributed by atoms with E-state index < -0.39 is 22.7 Å². The Bertz CT molecular complexity index is 1560. The van der Waals surface area contributed by atoms with Gasteiger partial charge in [0.15, 0.2) is 5.82 Å². The molecule has 0 radical (unpaired) electrons. The highest BCUT2D eigenvalue weighted by molar-refractivity contribution is 5.65. The Hall–Kier alpha value is -3.65. The topological polar surface area (TPSA) is 84.7 Å². The van der Waals surface area contributed by atoms with Crippen LogP contribution in [0.15, 0.2) is 54.9 Å². The molecule has 2 atom stereocenters. The van der Waals surface area contributed by atoms with Gasteiger partial charge >= 0.3 is 0 Å². The van der Waals surface area contributed by atoms with Gasteiger partial charge < -0.3 is 5.11 Å². The lowest BCUT2D eigenvalue weighted by atomic mass is 9.66. The maximum absolute atomic E-state index is 14.5. The minimum atomic E-state index is -0.910. The Labute approximate surface area is 219 Å². The smallest absolute Gasteiger partial charge is 0.159 e. The Balaban J connectivity index is 1.31. The lowest BCUT2D eigenvalue weighted by Gasteiger charge is -2.37. The number of rotatable bonds is 4. The molecule has 3 aliphatic rings. The van der Waals surface area contributed by atoms with Crippen LogP contribution < -0.4 is 0 Å². The number of fused-ring (bicyclic) bond motifs is 5. The van der Waals surface area contributed by atoms with Crippen molar-refractivity contribution in [2.45, 2.75) is 62.9 Å². The fourth-order valence-electron chi connectivity index (χ4n) is 7.03. The first-order valence-corrected chi connectivity index (χ1v) is 13.1. The maximum atomic E-state index is 14.5. The molecule has 0 aliphatic heterocycles. The summed E-state index contributed by atoms with van der Waals surface area (Å²) in [7, 11) is 0. The predicted octanol–water partition coefficient (Wildman–Crippen LogP) is 5.85. The van der Waals surface area contributed by atoms with Crippen LogP contribution >= 0.6 is 0 Å². The molecular formula is C30H27F2N5O. The molecule has 0 unspecified atom stereocenters. The highest BCUT2D eigenvalue weighted by atomic mass is 19.1. The van der Waals surface area contributed by atoms with E-state index >= 15 is 0 Å². The predicted molar refractivity (Wildman–Crippen MR) is 137 cm³/mol. The van der Waals surface area contributed by atoms with Gasteiger partial charge in [-0.05, 0) is 79.3 Å². The van der Waals surface area contributed by atoms with Crippen molar-refractivity contribution in [2.24, 2.45) is 5.41 Å². The number of aliphatic hydroxyl groups is 1. The molecule has 2 bridgehead atoms. The van der Waals surface area contributed by atoms with Crippen molar-refractivity contribution < 1.29 is 13.9 Å². The average molecular weight is 512 g/mol. The summed E-state index contributed by atoms with van der Waals surface area (Å²) in [6.45, 7) is 4.45. The normalized spacial score (nSPS) is 24.2. The molecule has 3 aromatic heterocycles. The van der Waals surface area contributed by atoms with Crippen LogP contribution in [0.2, 0.25) is 0 Å². The first-order valence-electron chi connectivity index (χ1n) is 13.1. The van der Waals surface area contributed by atoms with E-state index in [1.807, 2.05) is 24.3 Å². The van der Waals surface area contributed by atoms with Crippen LogP contribution in [0.25, 0.3) is 22.5 Å². The Kier molecular flexibility index (Phi) is 4.90. The fourth-order valence-corrected chi connectivity index (χ4v) is 7.03. The molecule has 2 fully saturated rings. The van der Waals surface area contributed by atoms with Crippen LogP contribution in [0.3, 0.4) is 0 Å². The zero-order chi connectivity index (χ0) is 26.3. The number of hydrogen-bond donors (Lipinski definition) is 1. The molecule has 3 aliphatic carbocycles. The van der Waals surface area contributed by atoms with E-state index in [-0.39, 0.29) is 22.6 Å². The second-order valence-electron chi connectivity index (χ2n) is 11.4. The van der Waals surface area contributed by atoms with Crippen molar-refractivity contribution in [1.29, 1.82) is 0 Å². The minimum Gasteiger partial charge on any atom is -0.382 e. The number of aromatic nitrogens is 5. The van der Waals surface area contributed by atoms with Crippen LogP contribution in [0.5, 0.6) is 0 Å². The van der Waals surface area contributed by atoms with Crippen molar-refractivity contribution in [1.82, 2.24) is 25.1 Å². The number of halogens is 2. The van der Waals surface area contributed by atoms with Gasteiger partial charge in [-0.2, -0.15) is 5.10 Å². The highest BCUT2D eigenvalue weighted by Crippen LogP contribution is 2.69. The summed E-state index contributed by atoms with van der Waals surface area (Å²) in [6.07, 6.45) is 7.58. The Morgan fingerprint density at radius 3 is 2.29 bits per heavy atom. The summed E-state index contributed by atoms with van der Waals surface area (Å²) in [6, 6.07) is 11.6. The molecular weight excluding hydrogens is 484 g/mol. The molecule has 3 heterocycles. The van der Waals surface area contributed by atoms with E-state index in [9.17, 15) is 13.9 Å². The molecule has 4 aromatic rings. The van der Waals surface area contributed by atoms with Crippen LogP contribution in [0, 0.1) is 17.0 Å². The zero-order valence-electron chi connectivity index (χ0n) is 21.2. The molecule has 8 heteroatoms. The molecule has 0 spiro atoms. The number of pyridine rings is 1. The second-order valence-corrected chi connectivity index (χ2v) is 11.4. The molecule has 2 saturated carbocycles. The lowest BCUT2D eigenvalue weighted by Crippen LogP contribution is -2.37. The minimum absolute atomic E-state index is 0.146. The third kappa shape index (κ3) is 3.04.